The summed E-state index contributed by atoms with van der Waals surface area (Å²) >= 11 is 6.68. The molecule has 2 aromatic carbocycles. The summed E-state index contributed by atoms with van der Waals surface area (Å²) < 4.78 is 7.16. The third kappa shape index (κ3) is 5.37. The highest BCUT2D eigenvalue weighted by Crippen LogP contribution is 2.17. The minimum absolute atomic E-state index is 0.0343. The summed E-state index contributed by atoms with van der Waals surface area (Å²) in [4.78, 5) is 24.6. The summed E-state index contributed by atoms with van der Waals surface area (Å²) in [5.74, 6) is -0.0686. The van der Waals surface area contributed by atoms with Crippen molar-refractivity contribution in [2.75, 3.05) is 7.11 Å². The molecule has 2 aromatic rings. The van der Waals surface area contributed by atoms with Gasteiger partial charge in [0.15, 0.2) is 11.6 Å². The first-order valence-corrected chi connectivity index (χ1v) is 8.68. The molecule has 0 N–H and O–H groups in total. The lowest BCUT2D eigenvalue weighted by Crippen LogP contribution is -2.20. The van der Waals surface area contributed by atoms with Gasteiger partial charge in [0.25, 0.3) is 0 Å². The summed E-state index contributed by atoms with van der Waals surface area (Å²) in [6, 6.07) is 14.3. The van der Waals surface area contributed by atoms with E-state index in [4.69, 9.17) is 4.74 Å². The van der Waals surface area contributed by atoms with Gasteiger partial charge in [-0.25, -0.2) is 0 Å². The minimum Gasteiger partial charge on any atom is -0.381 e. The monoisotopic (exact) mass is 438 g/mol. The lowest BCUT2D eigenvalue weighted by molar-refractivity contribution is 0.0635. The molecule has 120 valence electrons. The number of hydrogen-bond acceptors (Lipinski definition) is 3. The second kappa shape index (κ2) is 8.52. The Morgan fingerprint density at radius 3 is 1.48 bits per heavy atom. The molecule has 0 aromatic heterocycles. The van der Waals surface area contributed by atoms with E-state index in [1.165, 1.54) is 7.11 Å². The molecule has 0 aliphatic heterocycles. The Bertz CT molecular complexity index is 619. The maximum atomic E-state index is 12.3. The Morgan fingerprint density at radius 2 is 1.17 bits per heavy atom. The van der Waals surface area contributed by atoms with Crippen LogP contribution in [0.3, 0.4) is 0 Å². The van der Waals surface area contributed by atoms with Crippen LogP contribution in [0.1, 0.15) is 33.6 Å². The minimum atomic E-state index is -0.428. The van der Waals surface area contributed by atoms with Crippen LogP contribution in [0.2, 0.25) is 0 Å². The predicted octanol–water partition coefficient (Wildman–Crippen LogP) is 5.07. The molecule has 0 bridgehead atoms. The number of hydrogen-bond donors (Lipinski definition) is 0. The molecule has 0 radical (unpaired) electrons. The fourth-order valence-electron chi connectivity index (χ4n) is 2.16. The van der Waals surface area contributed by atoms with E-state index in [1.54, 1.807) is 24.3 Å². The number of carbonyl (C=O) groups excluding carboxylic acids is 2. The molecule has 0 aliphatic rings. The molecule has 0 saturated carbocycles. The number of ether oxygens (including phenoxy) is 1. The maximum Gasteiger partial charge on any atom is 0.165 e. The molecular weight excluding hydrogens is 424 g/mol. The number of benzene rings is 2. The predicted molar refractivity (Wildman–Crippen MR) is 97.0 cm³/mol. The third-order valence-corrected chi connectivity index (χ3v) is 4.55. The van der Waals surface area contributed by atoms with E-state index < -0.39 is 6.10 Å². The molecule has 0 heterocycles. The van der Waals surface area contributed by atoms with E-state index in [0.717, 1.165) is 8.95 Å². The third-order valence-electron chi connectivity index (χ3n) is 3.49. The van der Waals surface area contributed by atoms with Gasteiger partial charge in [0.2, 0.25) is 0 Å². The molecule has 3 nitrogen and oxygen atoms in total. The van der Waals surface area contributed by atoms with Gasteiger partial charge in [-0.3, -0.25) is 9.59 Å². The largest absolute Gasteiger partial charge is 0.381 e. The van der Waals surface area contributed by atoms with Gasteiger partial charge in [0.1, 0.15) is 0 Å². The zero-order valence-electron chi connectivity index (χ0n) is 12.6. The summed E-state index contributed by atoms with van der Waals surface area (Å²) in [5.41, 5.74) is 1.23. The lowest BCUT2D eigenvalue weighted by Gasteiger charge is -2.14. The van der Waals surface area contributed by atoms with Crippen LogP contribution in [0.5, 0.6) is 0 Å². The van der Waals surface area contributed by atoms with Crippen LogP contribution in [0.15, 0.2) is 57.5 Å². The van der Waals surface area contributed by atoms with Gasteiger partial charge >= 0.3 is 0 Å². The Balaban J connectivity index is 1.99. The lowest BCUT2D eigenvalue weighted by atomic mass is 9.99. The van der Waals surface area contributed by atoms with E-state index in [2.05, 4.69) is 31.9 Å². The van der Waals surface area contributed by atoms with Crippen molar-refractivity contribution in [2.24, 2.45) is 0 Å². The number of halogens is 2. The first-order valence-electron chi connectivity index (χ1n) is 7.10. The van der Waals surface area contributed by atoms with Crippen LogP contribution in [0.4, 0.5) is 0 Å². The van der Waals surface area contributed by atoms with Gasteiger partial charge in [-0.05, 0) is 24.3 Å². The van der Waals surface area contributed by atoms with E-state index in [9.17, 15) is 9.59 Å². The van der Waals surface area contributed by atoms with Gasteiger partial charge in [0, 0.05) is 40.0 Å². The fourth-order valence-corrected chi connectivity index (χ4v) is 2.69. The van der Waals surface area contributed by atoms with E-state index in [-0.39, 0.29) is 24.4 Å². The summed E-state index contributed by atoms with van der Waals surface area (Å²) in [6.07, 6.45) is -0.0665. The van der Waals surface area contributed by atoms with Crippen molar-refractivity contribution in [3.8, 4) is 0 Å². The Kier molecular flexibility index (Phi) is 6.69. The summed E-state index contributed by atoms with van der Waals surface area (Å²) in [7, 11) is 1.52. The van der Waals surface area contributed by atoms with Gasteiger partial charge in [0.05, 0.1) is 6.10 Å². The van der Waals surface area contributed by atoms with Crippen molar-refractivity contribution in [3.63, 3.8) is 0 Å². The Morgan fingerprint density at radius 1 is 0.826 bits per heavy atom. The molecule has 0 aliphatic carbocycles. The van der Waals surface area contributed by atoms with Crippen LogP contribution in [-0.4, -0.2) is 24.8 Å². The van der Waals surface area contributed by atoms with Crippen LogP contribution in [0, 0.1) is 0 Å². The average Bonchev–Trinajstić information content (AvgIpc) is 2.55. The second-order valence-electron chi connectivity index (χ2n) is 5.13. The van der Waals surface area contributed by atoms with Crippen LogP contribution in [0.25, 0.3) is 0 Å². The number of ketones is 2. The molecule has 23 heavy (non-hydrogen) atoms. The molecule has 0 unspecified atom stereocenters. The van der Waals surface area contributed by atoms with Crippen molar-refractivity contribution in [2.45, 2.75) is 18.9 Å². The normalized spacial score (nSPS) is 10.8. The fraction of sp³-hybridized carbons (Fsp3) is 0.222. The average molecular weight is 440 g/mol. The highest BCUT2D eigenvalue weighted by molar-refractivity contribution is 9.10. The number of rotatable bonds is 7. The Labute approximate surface area is 152 Å². The Hall–Kier alpha value is -1.30. The first kappa shape index (κ1) is 18.0. The van der Waals surface area contributed by atoms with Gasteiger partial charge in [-0.2, -0.15) is 0 Å². The summed E-state index contributed by atoms with van der Waals surface area (Å²) in [6.45, 7) is 0. The zero-order valence-corrected chi connectivity index (χ0v) is 15.8. The SMILES string of the molecule is COC(CC(=O)c1ccc(Br)cc1)CC(=O)c1ccc(Br)cc1. The number of carbonyl (C=O) groups is 2. The maximum absolute atomic E-state index is 12.3. The molecular formula is C18H16Br2O3. The smallest absolute Gasteiger partial charge is 0.165 e. The molecule has 0 atom stereocenters. The van der Waals surface area contributed by atoms with E-state index in [1.807, 2.05) is 24.3 Å². The highest BCUT2D eigenvalue weighted by atomic mass is 79.9. The van der Waals surface area contributed by atoms with Gasteiger partial charge in [-0.1, -0.05) is 56.1 Å². The molecule has 5 heteroatoms. The zero-order chi connectivity index (χ0) is 16.8. The van der Waals surface area contributed by atoms with Crippen LogP contribution in [-0.2, 0) is 4.74 Å². The van der Waals surface area contributed by atoms with E-state index in [0.29, 0.717) is 11.1 Å². The molecule has 0 spiro atoms. The standard InChI is InChI=1S/C18H16Br2O3/c1-23-16(10-17(21)12-2-6-14(19)7-3-12)11-18(22)13-4-8-15(20)9-5-13/h2-9,16H,10-11H2,1H3. The van der Waals surface area contributed by atoms with Crippen molar-refractivity contribution in [3.05, 3.63) is 68.6 Å². The second-order valence-corrected chi connectivity index (χ2v) is 6.96. The summed E-state index contributed by atoms with van der Waals surface area (Å²) in [5, 5.41) is 0. The number of Topliss-reactive ketones (excluding diaryl/α,β-unsaturated/α-hetero) is 2. The molecule has 0 saturated heterocycles. The topological polar surface area (TPSA) is 43.4 Å². The molecule has 0 fully saturated rings. The first-order chi connectivity index (χ1) is 11.0. The van der Waals surface area contributed by atoms with Crippen molar-refractivity contribution >= 4 is 43.4 Å². The molecule has 2 rings (SSSR count). The molecule has 0 amide bonds. The van der Waals surface area contributed by atoms with Crippen molar-refractivity contribution < 1.29 is 14.3 Å². The quantitative estimate of drug-likeness (QED) is 0.565. The van der Waals surface area contributed by atoms with Gasteiger partial charge < -0.3 is 4.74 Å². The van der Waals surface area contributed by atoms with Crippen LogP contribution < -0.4 is 0 Å². The highest BCUT2D eigenvalue weighted by Gasteiger charge is 2.19. The number of methoxy groups -OCH3 is 1. The van der Waals surface area contributed by atoms with E-state index >= 15 is 0 Å². The van der Waals surface area contributed by atoms with Gasteiger partial charge in [-0.15, -0.1) is 0 Å². The van der Waals surface area contributed by atoms with Crippen molar-refractivity contribution in [1.82, 2.24) is 0 Å². The van der Waals surface area contributed by atoms with Crippen molar-refractivity contribution in [1.29, 1.82) is 0 Å². The van der Waals surface area contributed by atoms with Crippen LogP contribution >= 0.6 is 31.9 Å².